The number of Topliss-reactive ketones (excluding diaryl/α,β-unsaturated/α-hetero) is 2. The molecule has 1 aromatic carbocycles. The Hall–Kier alpha value is -1.48. The van der Waals surface area contributed by atoms with E-state index in [1.807, 2.05) is 30.3 Å². The van der Waals surface area contributed by atoms with Crippen molar-refractivity contribution in [3.8, 4) is 0 Å². The van der Waals surface area contributed by atoms with Crippen molar-refractivity contribution < 1.29 is 9.59 Å². The molecule has 1 fully saturated rings. The Morgan fingerprint density at radius 3 is 2.00 bits per heavy atom. The first-order valence-electron chi connectivity index (χ1n) is 6.40. The van der Waals surface area contributed by atoms with Gasteiger partial charge in [-0.25, -0.2) is 0 Å². The van der Waals surface area contributed by atoms with Crippen LogP contribution in [0.5, 0.6) is 0 Å². The number of ketones is 2. The zero-order valence-corrected chi connectivity index (χ0v) is 10.9. The SMILES string of the molecule is CC(=O)C1CCC(C(C)=O)N1Cc1ccccc1. The highest BCUT2D eigenvalue weighted by Crippen LogP contribution is 2.27. The predicted octanol–water partition coefficient (Wildman–Crippen LogP) is 2.20. The minimum Gasteiger partial charge on any atom is -0.298 e. The van der Waals surface area contributed by atoms with Crippen LogP contribution >= 0.6 is 0 Å². The van der Waals surface area contributed by atoms with Crippen molar-refractivity contribution >= 4 is 11.6 Å². The molecule has 0 N–H and O–H groups in total. The second-order valence-corrected chi connectivity index (χ2v) is 4.99. The molecule has 1 aromatic rings. The van der Waals surface area contributed by atoms with E-state index in [2.05, 4.69) is 4.90 Å². The molecule has 2 rings (SSSR count). The lowest BCUT2D eigenvalue weighted by Crippen LogP contribution is -2.42. The van der Waals surface area contributed by atoms with Crippen molar-refractivity contribution in [2.75, 3.05) is 0 Å². The summed E-state index contributed by atoms with van der Waals surface area (Å²) >= 11 is 0. The molecular weight excluding hydrogens is 226 g/mol. The largest absolute Gasteiger partial charge is 0.298 e. The molecule has 0 saturated carbocycles. The third-order valence-electron chi connectivity index (χ3n) is 3.66. The molecule has 18 heavy (non-hydrogen) atoms. The van der Waals surface area contributed by atoms with Gasteiger partial charge in [0, 0.05) is 6.54 Å². The Labute approximate surface area is 108 Å². The third kappa shape index (κ3) is 2.67. The average molecular weight is 245 g/mol. The second kappa shape index (κ2) is 5.44. The van der Waals surface area contributed by atoms with Gasteiger partial charge in [-0.05, 0) is 32.3 Å². The summed E-state index contributed by atoms with van der Waals surface area (Å²) < 4.78 is 0. The standard InChI is InChI=1S/C15H19NO2/c1-11(17)14-8-9-15(12(2)18)16(14)10-13-6-4-3-5-7-13/h3-7,14-15H,8-10H2,1-2H3. The Kier molecular flexibility index (Phi) is 3.92. The summed E-state index contributed by atoms with van der Waals surface area (Å²) in [6.07, 6.45) is 1.60. The lowest BCUT2D eigenvalue weighted by Gasteiger charge is -2.27. The van der Waals surface area contributed by atoms with Gasteiger partial charge in [-0.15, -0.1) is 0 Å². The van der Waals surface area contributed by atoms with Crippen LogP contribution in [0.4, 0.5) is 0 Å². The highest BCUT2D eigenvalue weighted by atomic mass is 16.1. The molecule has 0 aliphatic carbocycles. The molecule has 0 radical (unpaired) electrons. The maximum Gasteiger partial charge on any atom is 0.146 e. The van der Waals surface area contributed by atoms with Gasteiger partial charge in [0.1, 0.15) is 11.6 Å². The monoisotopic (exact) mass is 245 g/mol. The molecule has 0 amide bonds. The first-order valence-corrected chi connectivity index (χ1v) is 6.40. The Morgan fingerprint density at radius 1 is 1.06 bits per heavy atom. The number of carbonyl (C=O) groups excluding carboxylic acids is 2. The summed E-state index contributed by atoms with van der Waals surface area (Å²) in [7, 11) is 0. The molecule has 3 nitrogen and oxygen atoms in total. The fraction of sp³-hybridized carbons (Fsp3) is 0.467. The average Bonchev–Trinajstić information content (AvgIpc) is 2.74. The van der Waals surface area contributed by atoms with Crippen LogP contribution in [0.2, 0.25) is 0 Å². The van der Waals surface area contributed by atoms with Gasteiger partial charge in [-0.2, -0.15) is 0 Å². The minimum absolute atomic E-state index is 0.0980. The number of nitrogens with zero attached hydrogens (tertiary/aromatic N) is 1. The first-order chi connectivity index (χ1) is 8.59. The highest BCUT2D eigenvalue weighted by molar-refractivity contribution is 5.86. The van der Waals surface area contributed by atoms with Gasteiger partial charge < -0.3 is 0 Å². The second-order valence-electron chi connectivity index (χ2n) is 4.99. The van der Waals surface area contributed by atoms with Crippen LogP contribution in [0.15, 0.2) is 30.3 Å². The van der Waals surface area contributed by atoms with Crippen LogP contribution in [0.3, 0.4) is 0 Å². The lowest BCUT2D eigenvalue weighted by molar-refractivity contribution is -0.125. The molecule has 0 spiro atoms. The number of benzene rings is 1. The van der Waals surface area contributed by atoms with Crippen LogP contribution < -0.4 is 0 Å². The lowest BCUT2D eigenvalue weighted by atomic mass is 10.1. The molecule has 1 heterocycles. The molecule has 1 aliphatic heterocycles. The zero-order chi connectivity index (χ0) is 13.1. The van der Waals surface area contributed by atoms with Gasteiger partial charge in [0.2, 0.25) is 0 Å². The zero-order valence-electron chi connectivity index (χ0n) is 10.9. The molecule has 2 atom stereocenters. The van der Waals surface area contributed by atoms with Crippen molar-refractivity contribution in [1.82, 2.24) is 4.90 Å². The molecule has 96 valence electrons. The summed E-state index contributed by atoms with van der Waals surface area (Å²) in [4.78, 5) is 25.4. The maximum absolute atomic E-state index is 11.7. The van der Waals surface area contributed by atoms with Crippen LogP contribution in [0.1, 0.15) is 32.3 Å². The Balaban J connectivity index is 2.19. The summed E-state index contributed by atoms with van der Waals surface area (Å²) in [6.45, 7) is 3.91. The third-order valence-corrected chi connectivity index (χ3v) is 3.66. The number of hydrogen-bond donors (Lipinski definition) is 0. The van der Waals surface area contributed by atoms with Crippen molar-refractivity contribution in [2.45, 2.75) is 45.3 Å². The number of rotatable bonds is 4. The smallest absolute Gasteiger partial charge is 0.146 e. The fourth-order valence-electron chi connectivity index (χ4n) is 2.75. The number of hydrogen-bond acceptors (Lipinski definition) is 3. The van der Waals surface area contributed by atoms with E-state index in [1.165, 1.54) is 0 Å². The van der Waals surface area contributed by atoms with E-state index < -0.39 is 0 Å². The maximum atomic E-state index is 11.7. The van der Waals surface area contributed by atoms with Gasteiger partial charge >= 0.3 is 0 Å². The molecular formula is C15H19NO2. The Bertz CT molecular complexity index is 419. The van der Waals surface area contributed by atoms with E-state index in [-0.39, 0.29) is 23.7 Å². The van der Waals surface area contributed by atoms with Crippen LogP contribution in [0, 0.1) is 0 Å². The Morgan fingerprint density at radius 2 is 1.56 bits per heavy atom. The van der Waals surface area contributed by atoms with Gasteiger partial charge in [0.15, 0.2) is 0 Å². The quantitative estimate of drug-likeness (QED) is 0.816. The van der Waals surface area contributed by atoms with E-state index in [9.17, 15) is 9.59 Å². The van der Waals surface area contributed by atoms with Crippen molar-refractivity contribution in [3.63, 3.8) is 0 Å². The van der Waals surface area contributed by atoms with Gasteiger partial charge in [0.25, 0.3) is 0 Å². The van der Waals surface area contributed by atoms with Crippen LogP contribution in [0.25, 0.3) is 0 Å². The van der Waals surface area contributed by atoms with E-state index in [1.54, 1.807) is 13.8 Å². The van der Waals surface area contributed by atoms with E-state index in [0.29, 0.717) is 6.54 Å². The van der Waals surface area contributed by atoms with Crippen molar-refractivity contribution in [2.24, 2.45) is 0 Å². The minimum atomic E-state index is -0.0980. The number of likely N-dealkylation sites (tertiary alicyclic amines) is 1. The molecule has 0 aromatic heterocycles. The first kappa shape index (κ1) is 13.0. The van der Waals surface area contributed by atoms with Gasteiger partial charge in [-0.3, -0.25) is 14.5 Å². The van der Waals surface area contributed by atoms with Gasteiger partial charge in [-0.1, -0.05) is 30.3 Å². The van der Waals surface area contributed by atoms with E-state index in [0.717, 1.165) is 18.4 Å². The van der Waals surface area contributed by atoms with E-state index >= 15 is 0 Å². The van der Waals surface area contributed by atoms with E-state index in [4.69, 9.17) is 0 Å². The highest BCUT2D eigenvalue weighted by Gasteiger charge is 2.37. The van der Waals surface area contributed by atoms with Crippen molar-refractivity contribution in [3.05, 3.63) is 35.9 Å². The predicted molar refractivity (Wildman–Crippen MR) is 70.2 cm³/mol. The van der Waals surface area contributed by atoms with Crippen LogP contribution in [-0.4, -0.2) is 28.6 Å². The summed E-state index contributed by atoms with van der Waals surface area (Å²) in [5.74, 6) is 0.323. The normalized spacial score (nSPS) is 24.1. The number of carbonyl (C=O) groups is 2. The summed E-state index contributed by atoms with van der Waals surface area (Å²) in [6, 6.07) is 9.81. The van der Waals surface area contributed by atoms with Crippen molar-refractivity contribution in [1.29, 1.82) is 0 Å². The molecule has 3 heteroatoms. The topological polar surface area (TPSA) is 37.4 Å². The summed E-state index contributed by atoms with van der Waals surface area (Å²) in [5, 5.41) is 0. The molecule has 2 unspecified atom stereocenters. The molecule has 0 bridgehead atoms. The van der Waals surface area contributed by atoms with Gasteiger partial charge in [0.05, 0.1) is 12.1 Å². The molecule has 1 saturated heterocycles. The fourth-order valence-corrected chi connectivity index (χ4v) is 2.75. The summed E-state index contributed by atoms with van der Waals surface area (Å²) in [5.41, 5.74) is 1.15. The molecule has 1 aliphatic rings. The van der Waals surface area contributed by atoms with Crippen LogP contribution in [-0.2, 0) is 16.1 Å².